The third-order valence-electron chi connectivity index (χ3n) is 6.25. The fraction of sp³-hybridized carbons (Fsp3) is 0.308. The van der Waals surface area contributed by atoms with Crippen LogP contribution in [0.4, 0.5) is 0 Å². The third-order valence-corrected chi connectivity index (χ3v) is 7.37. The maximum Gasteiger partial charge on any atom is 0.290 e. The molecule has 1 aromatic carbocycles. The minimum absolute atomic E-state index is 0.0116. The average Bonchev–Trinajstić information content (AvgIpc) is 3.63. The number of H-pyrrole nitrogens is 2. The smallest absolute Gasteiger partial charge is 0.290 e. The lowest BCUT2D eigenvalue weighted by Crippen LogP contribution is -2.42. The van der Waals surface area contributed by atoms with Crippen LogP contribution in [0.1, 0.15) is 28.6 Å². The van der Waals surface area contributed by atoms with Crippen LogP contribution in [0.25, 0.3) is 21.5 Å². The summed E-state index contributed by atoms with van der Waals surface area (Å²) in [6.07, 6.45) is 8.87. The molecule has 1 saturated heterocycles. The highest BCUT2D eigenvalue weighted by Crippen LogP contribution is 2.28. The van der Waals surface area contributed by atoms with Crippen LogP contribution in [0.15, 0.2) is 65.9 Å². The van der Waals surface area contributed by atoms with Crippen LogP contribution in [0, 0.1) is 0 Å². The largest absolute Gasteiger partial charge is 0.337 e. The van der Waals surface area contributed by atoms with Gasteiger partial charge in [-0.2, -0.15) is 10.1 Å². The van der Waals surface area contributed by atoms with Crippen LogP contribution < -0.4 is 5.62 Å². The number of aromatic amines is 2. The molecule has 1 aliphatic rings. The van der Waals surface area contributed by atoms with Gasteiger partial charge in [0, 0.05) is 42.3 Å². The second-order valence-corrected chi connectivity index (χ2v) is 10.2. The van der Waals surface area contributed by atoms with Crippen LogP contribution in [0.2, 0.25) is 0 Å². The van der Waals surface area contributed by atoms with Crippen molar-refractivity contribution in [2.45, 2.75) is 18.9 Å². The minimum atomic E-state index is -0.301. The molecule has 1 atom stereocenters. The molecule has 3 aromatic heterocycles. The van der Waals surface area contributed by atoms with E-state index in [0.717, 1.165) is 47.4 Å². The molecule has 0 radical (unpaired) electrons. The number of hydrogen-bond acceptors (Lipinski definition) is 5. The summed E-state index contributed by atoms with van der Waals surface area (Å²) >= 11 is 1.39. The highest BCUT2D eigenvalue weighted by Gasteiger charge is 2.26. The number of amides is 2. The molecule has 10 heteroatoms. The van der Waals surface area contributed by atoms with Gasteiger partial charge in [0.15, 0.2) is 0 Å². The molecule has 186 valence electrons. The Morgan fingerprint density at radius 3 is 2.92 bits per heavy atom. The minimum Gasteiger partial charge on any atom is -0.337 e. The summed E-state index contributed by atoms with van der Waals surface area (Å²) in [5, 5.41) is 6.78. The van der Waals surface area contributed by atoms with E-state index in [1.807, 2.05) is 60.3 Å². The number of hydrogen-bond donors (Lipinski definition) is 2. The zero-order valence-corrected chi connectivity index (χ0v) is 21.2. The summed E-state index contributed by atoms with van der Waals surface area (Å²) in [5.74, 6) is -0.285. The summed E-state index contributed by atoms with van der Waals surface area (Å²) in [6, 6.07) is 11.7. The second-order valence-electron chi connectivity index (χ2n) is 9.15. The maximum absolute atomic E-state index is 13.2. The number of carbonyl (C=O) groups excluding carboxylic acids is 2. The summed E-state index contributed by atoms with van der Waals surface area (Å²) in [6.45, 7) is 2.01. The molecule has 4 aromatic rings. The summed E-state index contributed by atoms with van der Waals surface area (Å²) in [5.41, 5.74) is 3.31. The molecule has 1 aliphatic heterocycles. The van der Waals surface area contributed by atoms with Crippen molar-refractivity contribution >= 4 is 34.2 Å². The van der Waals surface area contributed by atoms with E-state index in [1.54, 1.807) is 24.5 Å². The highest BCUT2D eigenvalue weighted by atomic mass is 32.1. The third kappa shape index (κ3) is 5.09. The predicted molar refractivity (Wildman–Crippen MR) is 141 cm³/mol. The number of nitrogens with zero attached hydrogens (tertiary/aromatic N) is 5. The Morgan fingerprint density at radius 1 is 1.25 bits per heavy atom. The number of imidazole rings is 1. The van der Waals surface area contributed by atoms with Gasteiger partial charge in [0.05, 0.1) is 28.1 Å². The van der Waals surface area contributed by atoms with Gasteiger partial charge in [-0.05, 0) is 51.2 Å². The topological polar surface area (TPSA) is 102 Å². The molecule has 4 heterocycles. The van der Waals surface area contributed by atoms with Gasteiger partial charge in [-0.15, -0.1) is 11.3 Å². The van der Waals surface area contributed by atoms with Gasteiger partial charge in [0.1, 0.15) is 0 Å². The van der Waals surface area contributed by atoms with E-state index in [9.17, 15) is 9.59 Å². The highest BCUT2D eigenvalue weighted by molar-refractivity contribution is 7.17. The number of likely N-dealkylation sites (tertiary alicyclic amines) is 1. The molecule has 0 bridgehead atoms. The molecule has 36 heavy (non-hydrogen) atoms. The molecule has 0 saturated carbocycles. The Balaban J connectivity index is 1.45. The zero-order chi connectivity index (χ0) is 25.1. The number of rotatable bonds is 6. The quantitative estimate of drug-likeness (QED) is 0.394. The summed E-state index contributed by atoms with van der Waals surface area (Å²) in [7, 11) is 3.94. The predicted octanol–water partition coefficient (Wildman–Crippen LogP) is 3.44. The first-order valence-corrected chi connectivity index (χ1v) is 12.8. The first-order valence-electron chi connectivity index (χ1n) is 12.0. The number of nitrogens with one attached hydrogen (secondary N) is 2. The summed E-state index contributed by atoms with van der Waals surface area (Å²) in [4.78, 5) is 39.2. The first kappa shape index (κ1) is 24.0. The molecular formula is C26H29N7O2S. The molecule has 5 rings (SSSR count). The van der Waals surface area contributed by atoms with Crippen molar-refractivity contribution in [3.8, 4) is 10.4 Å². The van der Waals surface area contributed by atoms with E-state index in [4.69, 9.17) is 0 Å². The van der Waals surface area contributed by atoms with E-state index >= 15 is 0 Å². The number of likely N-dealkylation sites (N-methyl/N-ethyl adjacent to an activating group) is 1. The van der Waals surface area contributed by atoms with Gasteiger partial charge in [0.2, 0.25) is 11.5 Å². The molecule has 0 spiro atoms. The molecule has 2 N–H and O–H groups in total. The number of fused-ring (bicyclic) bond motifs is 1. The van der Waals surface area contributed by atoms with Crippen LogP contribution in [-0.4, -0.2) is 75.1 Å². The number of benzene rings is 1. The van der Waals surface area contributed by atoms with E-state index in [1.165, 1.54) is 11.3 Å². The van der Waals surface area contributed by atoms with Gasteiger partial charge in [0.25, 0.3) is 5.91 Å². The SMILES string of the molecule is CN(C)C/C=C/C(=O)N1CCCC(n2/c(=N/C(=O)c3ccc(-c4cn[nH]c4)s3)[nH]c3ccccc32)C1. The van der Waals surface area contributed by atoms with E-state index < -0.39 is 0 Å². The molecule has 1 fully saturated rings. The number of aromatic nitrogens is 4. The zero-order valence-electron chi connectivity index (χ0n) is 20.3. The van der Waals surface area contributed by atoms with Gasteiger partial charge in [-0.3, -0.25) is 14.7 Å². The van der Waals surface area contributed by atoms with E-state index in [0.29, 0.717) is 17.0 Å². The van der Waals surface area contributed by atoms with Crippen LogP contribution >= 0.6 is 11.3 Å². The van der Waals surface area contributed by atoms with Gasteiger partial charge in [-0.25, -0.2) is 0 Å². The normalized spacial score (nSPS) is 17.0. The standard InChI is InChI=1S/C26H29N7O2S/c1-31(2)13-6-10-24(34)32-14-5-7-19(17-32)33-21-9-4-3-8-20(21)29-26(33)30-25(35)23-12-11-22(36-23)18-15-27-28-16-18/h3-4,6,8-12,15-16,19H,5,7,13-14,17H2,1-2H3,(H,27,28)(H,29,30,35)/b10-6+. The van der Waals surface area contributed by atoms with Crippen molar-refractivity contribution in [3.05, 3.63) is 71.4 Å². The van der Waals surface area contributed by atoms with Crippen molar-refractivity contribution in [2.24, 2.45) is 4.99 Å². The maximum atomic E-state index is 13.2. The Labute approximate surface area is 212 Å². The first-order chi connectivity index (χ1) is 17.5. The lowest BCUT2D eigenvalue weighted by atomic mass is 10.0. The Bertz CT molecular complexity index is 1460. The van der Waals surface area contributed by atoms with E-state index in [2.05, 4.69) is 24.7 Å². The van der Waals surface area contributed by atoms with Crippen molar-refractivity contribution in [2.75, 3.05) is 33.7 Å². The number of para-hydroxylation sites is 2. The number of carbonyl (C=O) groups is 2. The van der Waals surface area contributed by atoms with Gasteiger partial charge in [-0.1, -0.05) is 18.2 Å². The van der Waals surface area contributed by atoms with Crippen molar-refractivity contribution in [1.82, 2.24) is 29.5 Å². The molecule has 9 nitrogen and oxygen atoms in total. The average molecular weight is 504 g/mol. The summed E-state index contributed by atoms with van der Waals surface area (Å²) < 4.78 is 2.08. The molecule has 1 unspecified atom stereocenters. The second kappa shape index (κ2) is 10.5. The van der Waals surface area contributed by atoms with Crippen LogP contribution in [0.3, 0.4) is 0 Å². The van der Waals surface area contributed by atoms with Crippen molar-refractivity contribution < 1.29 is 9.59 Å². The molecular weight excluding hydrogens is 474 g/mol. The molecule has 0 aliphatic carbocycles. The van der Waals surface area contributed by atoms with Crippen molar-refractivity contribution in [3.63, 3.8) is 0 Å². The monoisotopic (exact) mass is 503 g/mol. The van der Waals surface area contributed by atoms with Crippen molar-refractivity contribution in [1.29, 1.82) is 0 Å². The fourth-order valence-corrected chi connectivity index (χ4v) is 5.39. The fourth-order valence-electron chi connectivity index (χ4n) is 4.52. The molecule has 2 amide bonds. The van der Waals surface area contributed by atoms with Crippen LogP contribution in [-0.2, 0) is 4.79 Å². The van der Waals surface area contributed by atoms with Gasteiger partial charge < -0.3 is 19.4 Å². The van der Waals surface area contributed by atoms with Gasteiger partial charge >= 0.3 is 0 Å². The number of piperidine rings is 1. The lowest BCUT2D eigenvalue weighted by molar-refractivity contribution is -0.127. The number of thiophene rings is 1. The Morgan fingerprint density at radius 2 is 2.11 bits per heavy atom. The lowest BCUT2D eigenvalue weighted by Gasteiger charge is -2.33. The van der Waals surface area contributed by atoms with Crippen LogP contribution in [0.5, 0.6) is 0 Å². The van der Waals surface area contributed by atoms with E-state index in [-0.39, 0.29) is 17.9 Å². The Kier molecular flexibility index (Phi) is 6.97. The Hall–Kier alpha value is -3.76.